The summed E-state index contributed by atoms with van der Waals surface area (Å²) in [7, 11) is 1.41. The van der Waals surface area contributed by atoms with Gasteiger partial charge in [0.05, 0.1) is 7.11 Å². The Kier molecular flexibility index (Phi) is 32.5. The first-order chi connectivity index (χ1) is 18.7. The number of hydrogen-bond acceptors (Lipinski definition) is 7. The van der Waals surface area contributed by atoms with E-state index in [1.807, 2.05) is 0 Å². The number of unbranched alkanes of at least 4 members (excludes halogenated alkanes) is 13. The van der Waals surface area contributed by atoms with Crippen molar-refractivity contribution in [1.29, 1.82) is 0 Å². The van der Waals surface area contributed by atoms with E-state index in [4.69, 9.17) is 4.74 Å². The molecular weight excluding hydrogens is 549 g/mol. The third-order valence-corrected chi connectivity index (χ3v) is 11.7. The van der Waals surface area contributed by atoms with E-state index < -0.39 is 5.92 Å². The Bertz CT molecular complexity index is 519. The predicted molar refractivity (Wildman–Crippen MR) is 179 cm³/mol. The molecule has 1 atom stereocenters. The molecule has 0 aliphatic heterocycles. The number of esters is 1. The quantitative estimate of drug-likeness (QED) is 0.0336. The second-order valence-corrected chi connectivity index (χ2v) is 15.4. The lowest BCUT2D eigenvalue weighted by Gasteiger charge is -2.13. The normalized spacial score (nSPS) is 12.1. The highest BCUT2D eigenvalue weighted by molar-refractivity contribution is 8.16. The maximum atomic E-state index is 12.7. The van der Waals surface area contributed by atoms with Crippen LogP contribution in [0.2, 0.25) is 0 Å². The fourth-order valence-electron chi connectivity index (χ4n) is 4.28. The first-order valence-electron chi connectivity index (χ1n) is 15.6. The zero-order chi connectivity index (χ0) is 27.9. The Balaban J connectivity index is 3.67. The lowest BCUT2D eigenvalue weighted by Crippen LogP contribution is -2.25. The standard InChI is InChI=1S/C31H60O3S4/c1-4-6-17-23-35-27-37-25-19-13-9-8-12-16-22-30(32)29(31(33)34-3)21-15-11-10-14-20-26-38-28-36-24-18-7-5-2/h29H,4-28H2,1-3H3. The molecule has 0 N–H and O–H groups in total. The summed E-state index contributed by atoms with van der Waals surface area (Å²) < 4.78 is 4.95. The number of carbonyl (C=O) groups excluding carboxylic acids is 2. The number of thioether (sulfide) groups is 4. The van der Waals surface area contributed by atoms with Gasteiger partial charge in [-0.15, -0.1) is 0 Å². The zero-order valence-corrected chi connectivity index (χ0v) is 28.4. The van der Waals surface area contributed by atoms with Crippen LogP contribution in [0, 0.1) is 5.92 Å². The molecule has 0 aromatic carbocycles. The molecule has 0 bridgehead atoms. The third-order valence-electron chi connectivity index (χ3n) is 6.74. The van der Waals surface area contributed by atoms with Crippen LogP contribution >= 0.6 is 47.0 Å². The van der Waals surface area contributed by atoms with Crippen molar-refractivity contribution in [3.63, 3.8) is 0 Å². The van der Waals surface area contributed by atoms with Crippen LogP contribution in [0.4, 0.5) is 0 Å². The van der Waals surface area contributed by atoms with Crippen molar-refractivity contribution in [2.24, 2.45) is 5.92 Å². The van der Waals surface area contributed by atoms with E-state index in [1.165, 1.54) is 124 Å². The minimum absolute atomic E-state index is 0.0949. The van der Waals surface area contributed by atoms with Crippen LogP contribution in [0.3, 0.4) is 0 Å². The molecule has 0 heterocycles. The lowest BCUT2D eigenvalue weighted by molar-refractivity contribution is -0.149. The maximum Gasteiger partial charge on any atom is 0.316 e. The van der Waals surface area contributed by atoms with Gasteiger partial charge in [-0.1, -0.05) is 90.9 Å². The molecule has 0 amide bonds. The second-order valence-electron chi connectivity index (χ2n) is 10.3. The number of hydrogen-bond donors (Lipinski definition) is 0. The van der Waals surface area contributed by atoms with E-state index in [0.717, 1.165) is 25.7 Å². The van der Waals surface area contributed by atoms with Gasteiger partial charge in [0.2, 0.25) is 0 Å². The van der Waals surface area contributed by atoms with Gasteiger partial charge in [0.15, 0.2) is 0 Å². The van der Waals surface area contributed by atoms with Crippen molar-refractivity contribution in [1.82, 2.24) is 0 Å². The Labute approximate surface area is 254 Å². The molecule has 7 heteroatoms. The number of rotatable bonds is 31. The van der Waals surface area contributed by atoms with E-state index in [9.17, 15) is 9.59 Å². The Morgan fingerprint density at radius 2 is 0.947 bits per heavy atom. The second kappa shape index (κ2) is 32.1. The summed E-state index contributed by atoms with van der Waals surface area (Å²) in [4.78, 5) is 24.9. The number of carbonyl (C=O) groups is 2. The van der Waals surface area contributed by atoms with E-state index in [1.54, 1.807) is 0 Å². The van der Waals surface area contributed by atoms with Crippen molar-refractivity contribution in [2.45, 2.75) is 136 Å². The molecule has 0 rings (SSSR count). The minimum atomic E-state index is -0.544. The van der Waals surface area contributed by atoms with Gasteiger partial charge >= 0.3 is 5.97 Å². The highest BCUT2D eigenvalue weighted by Crippen LogP contribution is 2.20. The van der Waals surface area contributed by atoms with Crippen LogP contribution in [0.1, 0.15) is 136 Å². The maximum absolute atomic E-state index is 12.7. The van der Waals surface area contributed by atoms with Gasteiger partial charge in [-0.25, -0.2) is 0 Å². The molecule has 0 aliphatic rings. The van der Waals surface area contributed by atoms with Crippen molar-refractivity contribution in [3.8, 4) is 0 Å². The molecule has 1 unspecified atom stereocenters. The van der Waals surface area contributed by atoms with Crippen LogP contribution in [-0.2, 0) is 14.3 Å². The summed E-state index contributed by atoms with van der Waals surface area (Å²) in [6, 6.07) is 0. The Hall–Kier alpha value is 0.540. The summed E-state index contributed by atoms with van der Waals surface area (Å²) in [5, 5.41) is 2.47. The summed E-state index contributed by atoms with van der Waals surface area (Å²) in [5.74, 6) is 4.37. The first kappa shape index (κ1) is 38.5. The van der Waals surface area contributed by atoms with Crippen molar-refractivity contribution < 1.29 is 14.3 Å². The predicted octanol–water partition coefficient (Wildman–Crippen LogP) is 10.6. The number of ether oxygens (including phenoxy) is 1. The molecule has 0 aromatic rings. The average Bonchev–Trinajstić information content (AvgIpc) is 2.93. The van der Waals surface area contributed by atoms with Gasteiger partial charge in [0.25, 0.3) is 0 Å². The molecule has 226 valence electrons. The fraction of sp³-hybridized carbons (Fsp3) is 0.935. The molecule has 3 nitrogen and oxygen atoms in total. The summed E-state index contributed by atoms with van der Waals surface area (Å²) >= 11 is 8.31. The molecule has 0 saturated carbocycles. The van der Waals surface area contributed by atoms with Gasteiger partial charge in [0, 0.05) is 16.6 Å². The average molecular weight is 609 g/mol. The van der Waals surface area contributed by atoms with Crippen molar-refractivity contribution in [3.05, 3.63) is 0 Å². The molecule has 0 radical (unpaired) electrons. The highest BCUT2D eigenvalue weighted by Gasteiger charge is 2.26. The van der Waals surface area contributed by atoms with E-state index >= 15 is 0 Å². The number of Topliss-reactive ketones (excluding diaryl/α,β-unsaturated/α-hetero) is 1. The number of ketones is 1. The van der Waals surface area contributed by atoms with Crippen LogP contribution < -0.4 is 0 Å². The van der Waals surface area contributed by atoms with Crippen LogP contribution in [0.5, 0.6) is 0 Å². The summed E-state index contributed by atoms with van der Waals surface area (Å²) in [5.41, 5.74) is 0. The van der Waals surface area contributed by atoms with Gasteiger partial charge in [-0.3, -0.25) is 9.59 Å². The van der Waals surface area contributed by atoms with E-state index in [0.29, 0.717) is 12.8 Å². The molecule has 38 heavy (non-hydrogen) atoms. The summed E-state index contributed by atoms with van der Waals surface area (Å²) in [6.07, 6.45) is 22.1. The van der Waals surface area contributed by atoms with Gasteiger partial charge in [-0.05, 0) is 61.5 Å². The first-order valence-corrected chi connectivity index (χ1v) is 20.2. The monoisotopic (exact) mass is 608 g/mol. The van der Waals surface area contributed by atoms with Gasteiger partial charge in [0.1, 0.15) is 11.7 Å². The smallest absolute Gasteiger partial charge is 0.316 e. The Morgan fingerprint density at radius 1 is 0.553 bits per heavy atom. The molecule has 0 fully saturated rings. The molecule has 0 aliphatic carbocycles. The zero-order valence-electron chi connectivity index (χ0n) is 25.1. The van der Waals surface area contributed by atoms with E-state index in [-0.39, 0.29) is 11.8 Å². The minimum Gasteiger partial charge on any atom is -0.468 e. The topological polar surface area (TPSA) is 43.4 Å². The molecule has 0 saturated heterocycles. The molecule has 0 aromatic heterocycles. The fourth-order valence-corrected chi connectivity index (χ4v) is 8.74. The summed E-state index contributed by atoms with van der Waals surface area (Å²) in [6.45, 7) is 4.52. The third kappa shape index (κ3) is 26.7. The van der Waals surface area contributed by atoms with Crippen LogP contribution in [0.15, 0.2) is 0 Å². The van der Waals surface area contributed by atoms with Crippen molar-refractivity contribution in [2.75, 3.05) is 40.3 Å². The van der Waals surface area contributed by atoms with E-state index in [2.05, 4.69) is 60.9 Å². The number of methoxy groups -OCH3 is 1. The highest BCUT2D eigenvalue weighted by atomic mass is 32.2. The Morgan fingerprint density at radius 3 is 1.39 bits per heavy atom. The SMILES string of the molecule is CCCCCSCSCCCCCCCCC(=O)C(CCCCCCCSCSCCCCC)C(=O)OC. The van der Waals surface area contributed by atoms with Gasteiger partial charge in [-0.2, -0.15) is 47.0 Å². The molecule has 0 spiro atoms. The molecular formula is C31H60O3S4. The van der Waals surface area contributed by atoms with Crippen LogP contribution in [-0.4, -0.2) is 52.0 Å². The van der Waals surface area contributed by atoms with Crippen LogP contribution in [0.25, 0.3) is 0 Å². The van der Waals surface area contributed by atoms with Gasteiger partial charge < -0.3 is 4.74 Å². The van der Waals surface area contributed by atoms with Crippen molar-refractivity contribution >= 4 is 58.8 Å². The largest absolute Gasteiger partial charge is 0.468 e. The lowest BCUT2D eigenvalue weighted by atomic mass is 9.93.